The van der Waals surface area contributed by atoms with Gasteiger partial charge in [-0.25, -0.2) is 9.97 Å². The van der Waals surface area contributed by atoms with E-state index in [4.69, 9.17) is 5.73 Å². The van der Waals surface area contributed by atoms with E-state index >= 15 is 0 Å². The van der Waals surface area contributed by atoms with Gasteiger partial charge in [-0.15, -0.1) is 0 Å². The molecule has 1 amide bonds. The first-order chi connectivity index (χ1) is 9.70. The number of amides is 1. The minimum atomic E-state index is 0.0813. The molecule has 5 nitrogen and oxygen atoms in total. The van der Waals surface area contributed by atoms with Crippen molar-refractivity contribution in [2.75, 3.05) is 13.1 Å². The van der Waals surface area contributed by atoms with Crippen molar-refractivity contribution in [3.8, 4) is 0 Å². The molecule has 1 unspecified atom stereocenters. The normalized spacial score (nSPS) is 28.7. The zero-order valence-electron chi connectivity index (χ0n) is 12.0. The number of fused-ring (bicyclic) bond motifs is 2. The molecule has 0 spiro atoms. The van der Waals surface area contributed by atoms with Crippen molar-refractivity contribution >= 4 is 5.91 Å². The van der Waals surface area contributed by atoms with Crippen LogP contribution in [-0.4, -0.2) is 39.9 Å². The summed E-state index contributed by atoms with van der Waals surface area (Å²) in [6, 6.07) is 0.279. The van der Waals surface area contributed by atoms with Gasteiger partial charge in [0.05, 0.1) is 11.3 Å². The molecule has 1 saturated carbocycles. The van der Waals surface area contributed by atoms with Gasteiger partial charge in [0, 0.05) is 25.3 Å². The minimum absolute atomic E-state index is 0.0813. The molecular formula is C15H22N4O. The van der Waals surface area contributed by atoms with E-state index in [1.165, 1.54) is 6.33 Å². The highest BCUT2D eigenvalue weighted by Gasteiger charge is 2.41. The maximum Gasteiger partial charge on any atom is 0.257 e. The summed E-state index contributed by atoms with van der Waals surface area (Å²) in [5, 5.41) is 0. The van der Waals surface area contributed by atoms with Crippen molar-refractivity contribution in [2.45, 2.75) is 38.6 Å². The number of nitrogens with two attached hydrogens (primary N) is 1. The quantitative estimate of drug-likeness (QED) is 0.900. The largest absolute Gasteiger partial charge is 0.338 e. The van der Waals surface area contributed by atoms with Crippen LogP contribution < -0.4 is 5.73 Å². The zero-order chi connectivity index (χ0) is 14.1. The average molecular weight is 274 g/mol. The molecule has 2 fully saturated rings. The topological polar surface area (TPSA) is 72.1 Å². The fraction of sp³-hybridized carbons (Fsp3) is 0.667. The third-order valence-corrected chi connectivity index (χ3v) is 4.71. The fourth-order valence-electron chi connectivity index (χ4n) is 3.57. The molecule has 2 aliphatic rings. The number of carbonyl (C=O) groups is 1. The molecule has 1 aliphatic heterocycles. The summed E-state index contributed by atoms with van der Waals surface area (Å²) in [6.45, 7) is 3.67. The molecule has 108 valence electrons. The van der Waals surface area contributed by atoms with Crippen LogP contribution in [0.3, 0.4) is 0 Å². The first kappa shape index (κ1) is 13.5. The van der Waals surface area contributed by atoms with Crippen molar-refractivity contribution in [3.63, 3.8) is 0 Å². The average Bonchev–Trinajstić information content (AvgIpc) is 2.68. The third-order valence-electron chi connectivity index (χ3n) is 4.71. The number of likely N-dealkylation sites (tertiary alicyclic amines) is 1. The predicted octanol–water partition coefficient (Wildman–Crippen LogP) is 1.24. The lowest BCUT2D eigenvalue weighted by molar-refractivity contribution is 0.0635. The van der Waals surface area contributed by atoms with Crippen LogP contribution in [0.25, 0.3) is 0 Å². The summed E-state index contributed by atoms with van der Waals surface area (Å²) in [4.78, 5) is 23.0. The van der Waals surface area contributed by atoms with Gasteiger partial charge in [0.15, 0.2) is 0 Å². The Morgan fingerprint density at radius 3 is 2.75 bits per heavy atom. The Kier molecular flexibility index (Phi) is 3.70. The molecule has 0 aromatic carbocycles. The number of nitrogens with zero attached hydrogens (tertiary/aromatic N) is 3. The van der Waals surface area contributed by atoms with Crippen LogP contribution in [0.1, 0.15) is 42.2 Å². The van der Waals surface area contributed by atoms with Crippen molar-refractivity contribution in [2.24, 2.45) is 17.6 Å². The lowest BCUT2D eigenvalue weighted by atomic mass is 9.92. The number of hydrogen-bond acceptors (Lipinski definition) is 4. The number of piperidine rings is 1. The lowest BCUT2D eigenvalue weighted by Gasteiger charge is -2.36. The predicted molar refractivity (Wildman–Crippen MR) is 76.1 cm³/mol. The zero-order valence-corrected chi connectivity index (χ0v) is 12.0. The van der Waals surface area contributed by atoms with Crippen LogP contribution >= 0.6 is 0 Å². The maximum absolute atomic E-state index is 12.7. The molecule has 5 heteroatoms. The second-order valence-electron chi connectivity index (χ2n) is 6.02. The van der Waals surface area contributed by atoms with Gasteiger partial charge >= 0.3 is 0 Å². The van der Waals surface area contributed by atoms with E-state index in [0.717, 1.165) is 44.5 Å². The van der Waals surface area contributed by atoms with Gasteiger partial charge in [-0.05, 0) is 31.1 Å². The van der Waals surface area contributed by atoms with E-state index in [9.17, 15) is 4.79 Å². The van der Waals surface area contributed by atoms with E-state index in [2.05, 4.69) is 16.9 Å². The first-order valence-electron chi connectivity index (χ1n) is 7.54. The van der Waals surface area contributed by atoms with Crippen LogP contribution in [-0.2, 0) is 6.42 Å². The number of rotatable bonds is 3. The highest BCUT2D eigenvalue weighted by atomic mass is 16.2. The van der Waals surface area contributed by atoms with Crippen LogP contribution in [0, 0.1) is 11.8 Å². The lowest BCUT2D eigenvalue weighted by Crippen LogP contribution is -2.50. The summed E-state index contributed by atoms with van der Waals surface area (Å²) >= 11 is 0. The Bertz CT molecular complexity index is 490. The fourth-order valence-corrected chi connectivity index (χ4v) is 3.57. The van der Waals surface area contributed by atoms with E-state index in [0.29, 0.717) is 17.4 Å². The van der Waals surface area contributed by atoms with Crippen LogP contribution in [0.4, 0.5) is 0 Å². The Labute approximate surface area is 119 Å². The summed E-state index contributed by atoms with van der Waals surface area (Å²) in [6.07, 6.45) is 7.30. The van der Waals surface area contributed by atoms with Crippen molar-refractivity contribution < 1.29 is 4.79 Å². The molecule has 1 aromatic heterocycles. The van der Waals surface area contributed by atoms with Gasteiger partial charge in [0.2, 0.25) is 0 Å². The number of aryl methyl sites for hydroxylation is 1. The summed E-state index contributed by atoms with van der Waals surface area (Å²) in [5.74, 6) is 1.02. The second-order valence-corrected chi connectivity index (χ2v) is 6.02. The summed E-state index contributed by atoms with van der Waals surface area (Å²) in [5.41, 5.74) is 7.74. The molecule has 1 saturated heterocycles. The standard InChI is InChI=1S/C15H22N4O/c1-2-3-13-12(6-17-9-18-13)15(20)19-7-10-4-5-11(8-19)14(10)16/h6,9-11,14H,2-5,7-8,16H2,1H3/t10-,11+,14?. The van der Waals surface area contributed by atoms with Gasteiger partial charge in [-0.2, -0.15) is 0 Å². The summed E-state index contributed by atoms with van der Waals surface area (Å²) < 4.78 is 0. The number of aromatic nitrogens is 2. The van der Waals surface area contributed by atoms with Crippen LogP contribution in [0.2, 0.25) is 0 Å². The van der Waals surface area contributed by atoms with Gasteiger partial charge < -0.3 is 10.6 Å². The van der Waals surface area contributed by atoms with E-state index < -0.39 is 0 Å². The highest BCUT2D eigenvalue weighted by molar-refractivity contribution is 5.95. The second kappa shape index (κ2) is 5.48. The molecular weight excluding hydrogens is 252 g/mol. The molecule has 3 rings (SSSR count). The Balaban J connectivity index is 1.80. The maximum atomic E-state index is 12.7. The Hall–Kier alpha value is -1.49. The first-order valence-corrected chi connectivity index (χ1v) is 7.54. The van der Waals surface area contributed by atoms with Crippen LogP contribution in [0.15, 0.2) is 12.5 Å². The Morgan fingerprint density at radius 1 is 1.40 bits per heavy atom. The molecule has 20 heavy (non-hydrogen) atoms. The summed E-state index contributed by atoms with van der Waals surface area (Å²) in [7, 11) is 0. The molecule has 2 bridgehead atoms. The highest BCUT2D eigenvalue weighted by Crippen LogP contribution is 2.36. The number of hydrogen-bond donors (Lipinski definition) is 1. The SMILES string of the molecule is CCCc1ncncc1C(=O)N1C[C@H]2CC[C@@H](C1)C2N. The van der Waals surface area contributed by atoms with E-state index in [-0.39, 0.29) is 11.9 Å². The van der Waals surface area contributed by atoms with Crippen molar-refractivity contribution in [3.05, 3.63) is 23.8 Å². The monoisotopic (exact) mass is 274 g/mol. The van der Waals surface area contributed by atoms with Gasteiger partial charge in [0.25, 0.3) is 5.91 Å². The van der Waals surface area contributed by atoms with Gasteiger partial charge in [-0.3, -0.25) is 4.79 Å². The van der Waals surface area contributed by atoms with Gasteiger partial charge in [0.1, 0.15) is 6.33 Å². The third kappa shape index (κ3) is 2.30. The van der Waals surface area contributed by atoms with Crippen molar-refractivity contribution in [1.82, 2.24) is 14.9 Å². The molecule has 2 heterocycles. The molecule has 1 aromatic rings. The van der Waals surface area contributed by atoms with E-state index in [1.807, 2.05) is 4.90 Å². The molecule has 3 atom stereocenters. The van der Waals surface area contributed by atoms with E-state index in [1.54, 1.807) is 6.20 Å². The van der Waals surface area contributed by atoms with Crippen molar-refractivity contribution in [1.29, 1.82) is 0 Å². The molecule has 1 aliphatic carbocycles. The molecule has 0 radical (unpaired) electrons. The minimum Gasteiger partial charge on any atom is -0.338 e. The smallest absolute Gasteiger partial charge is 0.257 e. The number of carbonyl (C=O) groups excluding carboxylic acids is 1. The van der Waals surface area contributed by atoms with Crippen LogP contribution in [0.5, 0.6) is 0 Å². The van der Waals surface area contributed by atoms with Gasteiger partial charge in [-0.1, -0.05) is 13.3 Å². The Morgan fingerprint density at radius 2 is 2.10 bits per heavy atom. The molecule has 2 N–H and O–H groups in total.